The molecule has 0 aliphatic carbocycles. The maximum Gasteiger partial charge on any atom is 0.324 e. The fraction of sp³-hybridized carbons (Fsp3) is 0.429. The smallest absolute Gasteiger partial charge is 0.324 e. The Morgan fingerprint density at radius 1 is 1.47 bits per heavy atom. The number of amides is 2. The van der Waals surface area contributed by atoms with E-state index in [0.29, 0.717) is 25.2 Å². The fourth-order valence-electron chi connectivity index (χ4n) is 2.26. The SMILES string of the molecule is CCN(C)C(=O)N1CCC/C(=N/O)c2ccccc21. The summed E-state index contributed by atoms with van der Waals surface area (Å²) in [6.07, 6.45) is 1.46. The Balaban J connectivity index is 2.44. The van der Waals surface area contributed by atoms with Gasteiger partial charge in [-0.3, -0.25) is 4.90 Å². The molecule has 5 heteroatoms. The van der Waals surface area contributed by atoms with Crippen LogP contribution < -0.4 is 4.90 Å². The van der Waals surface area contributed by atoms with Crippen LogP contribution in [0.5, 0.6) is 0 Å². The zero-order valence-corrected chi connectivity index (χ0v) is 11.3. The Labute approximate surface area is 113 Å². The van der Waals surface area contributed by atoms with Gasteiger partial charge in [0.15, 0.2) is 0 Å². The predicted molar refractivity (Wildman–Crippen MR) is 75.0 cm³/mol. The standard InChI is InChI=1S/C14H19N3O2/c1-3-16(2)14(18)17-10-6-8-12(15-19)11-7-4-5-9-13(11)17/h4-5,7,9,19H,3,6,8,10H2,1-2H3/b15-12-. The number of nitrogens with zero attached hydrogens (tertiary/aromatic N) is 3. The van der Waals surface area contributed by atoms with E-state index in [9.17, 15) is 4.79 Å². The lowest BCUT2D eigenvalue weighted by molar-refractivity contribution is 0.217. The van der Waals surface area contributed by atoms with E-state index in [1.165, 1.54) is 0 Å². The highest BCUT2D eigenvalue weighted by molar-refractivity contribution is 6.08. The highest BCUT2D eigenvalue weighted by Gasteiger charge is 2.25. The average molecular weight is 261 g/mol. The number of hydrogen-bond donors (Lipinski definition) is 1. The Hall–Kier alpha value is -2.04. The molecule has 1 aromatic carbocycles. The molecular formula is C14H19N3O2. The average Bonchev–Trinajstić information content (AvgIpc) is 2.64. The third-order valence-electron chi connectivity index (χ3n) is 3.45. The lowest BCUT2D eigenvalue weighted by atomic mass is 10.1. The van der Waals surface area contributed by atoms with E-state index in [-0.39, 0.29) is 6.03 Å². The molecule has 2 rings (SSSR count). The van der Waals surface area contributed by atoms with Gasteiger partial charge in [0.25, 0.3) is 0 Å². The van der Waals surface area contributed by atoms with Gasteiger partial charge in [-0.25, -0.2) is 4.79 Å². The highest BCUT2D eigenvalue weighted by Crippen LogP contribution is 2.27. The van der Waals surface area contributed by atoms with Crippen LogP contribution in [0.25, 0.3) is 0 Å². The van der Waals surface area contributed by atoms with Crippen LogP contribution in [-0.2, 0) is 0 Å². The first-order chi connectivity index (χ1) is 9.19. The van der Waals surface area contributed by atoms with Gasteiger partial charge in [0.1, 0.15) is 0 Å². The normalized spacial score (nSPS) is 16.9. The van der Waals surface area contributed by atoms with Crippen LogP contribution in [0, 0.1) is 0 Å². The van der Waals surface area contributed by atoms with Crippen LogP contribution in [0.4, 0.5) is 10.5 Å². The Bertz CT molecular complexity index is 499. The Morgan fingerprint density at radius 3 is 2.89 bits per heavy atom. The number of fused-ring (bicyclic) bond motifs is 1. The van der Waals surface area contributed by atoms with Crippen molar-refractivity contribution in [3.8, 4) is 0 Å². The summed E-state index contributed by atoms with van der Waals surface area (Å²) in [7, 11) is 1.79. The molecule has 0 saturated heterocycles. The van der Waals surface area contributed by atoms with Gasteiger partial charge in [-0.2, -0.15) is 0 Å². The minimum absolute atomic E-state index is 0.0193. The van der Waals surface area contributed by atoms with Gasteiger partial charge in [0.2, 0.25) is 0 Å². The van der Waals surface area contributed by atoms with Crippen molar-refractivity contribution in [2.75, 3.05) is 25.0 Å². The number of oxime groups is 1. The van der Waals surface area contributed by atoms with E-state index in [1.807, 2.05) is 31.2 Å². The molecule has 102 valence electrons. The van der Waals surface area contributed by atoms with Crippen molar-refractivity contribution >= 4 is 17.4 Å². The second-order valence-corrected chi connectivity index (χ2v) is 4.62. The molecule has 0 aromatic heterocycles. The van der Waals surface area contributed by atoms with Gasteiger partial charge in [-0.15, -0.1) is 0 Å². The van der Waals surface area contributed by atoms with Crippen LogP contribution in [-0.4, -0.2) is 42.0 Å². The number of hydrogen-bond acceptors (Lipinski definition) is 3. The van der Waals surface area contributed by atoms with E-state index in [0.717, 1.165) is 17.7 Å². The second kappa shape index (κ2) is 5.73. The van der Waals surface area contributed by atoms with Crippen molar-refractivity contribution in [3.63, 3.8) is 0 Å². The van der Waals surface area contributed by atoms with E-state index in [1.54, 1.807) is 16.8 Å². The summed E-state index contributed by atoms with van der Waals surface area (Å²) in [6.45, 7) is 3.25. The molecule has 0 atom stereocenters. The van der Waals surface area contributed by atoms with Crippen LogP contribution in [0.2, 0.25) is 0 Å². The third kappa shape index (κ3) is 2.54. The van der Waals surface area contributed by atoms with E-state index < -0.39 is 0 Å². The number of benzene rings is 1. The topological polar surface area (TPSA) is 56.1 Å². The lowest BCUT2D eigenvalue weighted by Crippen LogP contribution is -2.41. The number of rotatable bonds is 1. The summed E-state index contributed by atoms with van der Waals surface area (Å²) < 4.78 is 0. The molecule has 0 spiro atoms. The van der Waals surface area contributed by atoms with Gasteiger partial charge in [0, 0.05) is 25.7 Å². The van der Waals surface area contributed by atoms with E-state index in [2.05, 4.69) is 5.16 Å². The van der Waals surface area contributed by atoms with E-state index in [4.69, 9.17) is 5.21 Å². The summed E-state index contributed by atoms with van der Waals surface area (Å²) in [5, 5.41) is 12.5. The molecule has 1 aromatic rings. The molecule has 1 heterocycles. The monoisotopic (exact) mass is 261 g/mol. The molecule has 5 nitrogen and oxygen atoms in total. The number of para-hydroxylation sites is 1. The first kappa shape index (κ1) is 13.4. The van der Waals surface area contributed by atoms with Gasteiger partial charge in [-0.1, -0.05) is 23.4 Å². The molecule has 0 bridgehead atoms. The number of carbonyl (C=O) groups is 1. The Morgan fingerprint density at radius 2 is 2.21 bits per heavy atom. The molecule has 1 aliphatic heterocycles. The summed E-state index contributed by atoms with van der Waals surface area (Å²) in [5.74, 6) is 0. The largest absolute Gasteiger partial charge is 0.411 e. The molecule has 19 heavy (non-hydrogen) atoms. The van der Waals surface area contributed by atoms with Crippen molar-refractivity contribution in [1.29, 1.82) is 0 Å². The summed E-state index contributed by atoms with van der Waals surface area (Å²) >= 11 is 0. The van der Waals surface area contributed by atoms with Crippen LogP contribution in [0.15, 0.2) is 29.4 Å². The highest BCUT2D eigenvalue weighted by atomic mass is 16.4. The zero-order chi connectivity index (χ0) is 13.8. The maximum atomic E-state index is 12.4. The number of carbonyl (C=O) groups excluding carboxylic acids is 1. The minimum atomic E-state index is -0.0193. The van der Waals surface area contributed by atoms with Crippen molar-refractivity contribution < 1.29 is 10.0 Å². The zero-order valence-electron chi connectivity index (χ0n) is 11.3. The van der Waals surface area contributed by atoms with E-state index >= 15 is 0 Å². The molecule has 2 amide bonds. The van der Waals surface area contributed by atoms with Gasteiger partial charge >= 0.3 is 6.03 Å². The molecule has 0 radical (unpaired) electrons. The lowest BCUT2D eigenvalue weighted by Gasteiger charge is -2.27. The predicted octanol–water partition coefficient (Wildman–Crippen LogP) is 2.54. The second-order valence-electron chi connectivity index (χ2n) is 4.62. The first-order valence-corrected chi connectivity index (χ1v) is 6.52. The fourth-order valence-corrected chi connectivity index (χ4v) is 2.26. The van der Waals surface area contributed by atoms with Crippen LogP contribution >= 0.6 is 0 Å². The minimum Gasteiger partial charge on any atom is -0.411 e. The third-order valence-corrected chi connectivity index (χ3v) is 3.45. The first-order valence-electron chi connectivity index (χ1n) is 6.52. The van der Waals surface area contributed by atoms with Gasteiger partial charge in [0.05, 0.1) is 11.4 Å². The molecule has 0 unspecified atom stereocenters. The van der Waals surface area contributed by atoms with Crippen molar-refractivity contribution in [1.82, 2.24) is 4.90 Å². The summed E-state index contributed by atoms with van der Waals surface area (Å²) in [4.78, 5) is 15.8. The molecule has 0 saturated carbocycles. The van der Waals surface area contributed by atoms with Crippen molar-refractivity contribution in [2.45, 2.75) is 19.8 Å². The number of urea groups is 1. The Kier molecular flexibility index (Phi) is 4.04. The quantitative estimate of drug-likeness (QED) is 0.624. The number of anilines is 1. The van der Waals surface area contributed by atoms with Crippen LogP contribution in [0.1, 0.15) is 25.3 Å². The molecule has 1 N–H and O–H groups in total. The van der Waals surface area contributed by atoms with Crippen molar-refractivity contribution in [3.05, 3.63) is 29.8 Å². The van der Waals surface area contributed by atoms with Gasteiger partial charge < -0.3 is 10.1 Å². The van der Waals surface area contributed by atoms with Crippen LogP contribution in [0.3, 0.4) is 0 Å². The maximum absolute atomic E-state index is 12.4. The molecular weight excluding hydrogens is 242 g/mol. The van der Waals surface area contributed by atoms with Gasteiger partial charge in [-0.05, 0) is 25.8 Å². The summed E-state index contributed by atoms with van der Waals surface area (Å²) in [5.41, 5.74) is 2.29. The molecule has 1 aliphatic rings. The van der Waals surface area contributed by atoms with Crippen molar-refractivity contribution in [2.24, 2.45) is 5.16 Å². The molecule has 0 fully saturated rings. The summed E-state index contributed by atoms with van der Waals surface area (Å²) in [6, 6.07) is 7.55.